The van der Waals surface area contributed by atoms with E-state index in [4.69, 9.17) is 11.6 Å². The topological polar surface area (TPSA) is 51.1 Å². The average Bonchev–Trinajstić information content (AvgIpc) is 3.06. The summed E-state index contributed by atoms with van der Waals surface area (Å²) in [6.07, 6.45) is 1.92. The fourth-order valence-corrected chi connectivity index (χ4v) is 4.08. The molecule has 0 aliphatic heterocycles. The van der Waals surface area contributed by atoms with E-state index in [1.54, 1.807) is 0 Å². The smallest absolute Gasteiger partial charge is 0.240 e. The normalized spacial score (nSPS) is 11.7. The zero-order valence-corrected chi connectivity index (χ0v) is 16.6. The molecule has 3 aromatic rings. The molecular weight excluding hydrogens is 387 g/mol. The monoisotopic (exact) mass is 406 g/mol. The van der Waals surface area contributed by atoms with Gasteiger partial charge in [-0.1, -0.05) is 35.4 Å². The standard InChI is InChI=1S/C20H20ClFN2O2S/c1-14-5-6-15(2)16(10-14)13-24-9-3-4-17(24)12-23-27(25,26)18-7-8-20(22)19(21)11-18/h3-11,23H,12-13H2,1-2H3. The van der Waals surface area contributed by atoms with Gasteiger partial charge in [0.1, 0.15) is 5.82 Å². The number of rotatable bonds is 6. The molecule has 0 saturated carbocycles. The van der Waals surface area contributed by atoms with E-state index in [9.17, 15) is 12.8 Å². The summed E-state index contributed by atoms with van der Waals surface area (Å²) in [4.78, 5) is -0.0680. The second kappa shape index (κ2) is 7.84. The van der Waals surface area contributed by atoms with Crippen LogP contribution in [0.1, 0.15) is 22.4 Å². The Morgan fingerprint density at radius 2 is 1.89 bits per heavy atom. The maximum Gasteiger partial charge on any atom is 0.240 e. The van der Waals surface area contributed by atoms with Crippen molar-refractivity contribution in [2.75, 3.05) is 0 Å². The number of sulfonamides is 1. The van der Waals surface area contributed by atoms with E-state index in [0.29, 0.717) is 6.54 Å². The zero-order chi connectivity index (χ0) is 19.6. The van der Waals surface area contributed by atoms with Gasteiger partial charge in [0.15, 0.2) is 0 Å². The maximum atomic E-state index is 13.3. The van der Waals surface area contributed by atoms with Crippen molar-refractivity contribution in [3.05, 3.63) is 88.0 Å². The van der Waals surface area contributed by atoms with Crippen LogP contribution in [0.5, 0.6) is 0 Å². The first kappa shape index (κ1) is 19.6. The quantitative estimate of drug-likeness (QED) is 0.658. The summed E-state index contributed by atoms with van der Waals surface area (Å²) < 4.78 is 42.7. The lowest BCUT2D eigenvalue weighted by Crippen LogP contribution is -2.24. The summed E-state index contributed by atoms with van der Waals surface area (Å²) in [7, 11) is -3.79. The van der Waals surface area contributed by atoms with Crippen molar-refractivity contribution in [1.29, 1.82) is 0 Å². The predicted octanol–water partition coefficient (Wildman–Crippen LogP) is 4.42. The highest BCUT2D eigenvalue weighted by atomic mass is 35.5. The molecule has 2 aromatic carbocycles. The van der Waals surface area contributed by atoms with Crippen molar-refractivity contribution in [2.24, 2.45) is 0 Å². The molecular formula is C20H20ClFN2O2S. The number of benzene rings is 2. The molecule has 27 heavy (non-hydrogen) atoms. The minimum atomic E-state index is -3.79. The Labute approximate surface area is 163 Å². The lowest BCUT2D eigenvalue weighted by molar-refractivity contribution is 0.577. The van der Waals surface area contributed by atoms with Crippen LogP contribution in [-0.4, -0.2) is 13.0 Å². The minimum Gasteiger partial charge on any atom is -0.346 e. The summed E-state index contributed by atoms with van der Waals surface area (Å²) in [5.41, 5.74) is 4.37. The molecule has 1 N–H and O–H groups in total. The summed E-state index contributed by atoms with van der Waals surface area (Å²) >= 11 is 5.69. The number of nitrogens with one attached hydrogen (secondary N) is 1. The van der Waals surface area contributed by atoms with Crippen LogP contribution in [0, 0.1) is 19.7 Å². The molecule has 142 valence electrons. The van der Waals surface area contributed by atoms with Gasteiger partial charge >= 0.3 is 0 Å². The molecule has 0 amide bonds. The van der Waals surface area contributed by atoms with Crippen molar-refractivity contribution in [3.63, 3.8) is 0 Å². The molecule has 0 spiro atoms. The number of hydrogen-bond acceptors (Lipinski definition) is 2. The summed E-state index contributed by atoms with van der Waals surface area (Å²) in [5.74, 6) is -0.655. The third-order valence-electron chi connectivity index (χ3n) is 4.41. The number of halogens is 2. The second-order valence-electron chi connectivity index (χ2n) is 6.46. The van der Waals surface area contributed by atoms with Gasteiger partial charge in [0.25, 0.3) is 0 Å². The van der Waals surface area contributed by atoms with E-state index in [1.807, 2.05) is 29.8 Å². The van der Waals surface area contributed by atoms with E-state index in [-0.39, 0.29) is 16.5 Å². The molecule has 0 aliphatic carbocycles. The lowest BCUT2D eigenvalue weighted by Gasteiger charge is -2.13. The predicted molar refractivity (Wildman–Crippen MR) is 105 cm³/mol. The zero-order valence-electron chi connectivity index (χ0n) is 15.0. The van der Waals surface area contributed by atoms with Crippen LogP contribution in [-0.2, 0) is 23.1 Å². The van der Waals surface area contributed by atoms with E-state index in [1.165, 1.54) is 22.8 Å². The van der Waals surface area contributed by atoms with Gasteiger partial charge < -0.3 is 4.57 Å². The lowest BCUT2D eigenvalue weighted by atomic mass is 10.1. The highest BCUT2D eigenvalue weighted by molar-refractivity contribution is 7.89. The summed E-state index contributed by atoms with van der Waals surface area (Å²) in [5, 5.41) is -0.226. The van der Waals surface area contributed by atoms with Gasteiger partial charge in [0.05, 0.1) is 16.5 Å². The van der Waals surface area contributed by atoms with Crippen molar-refractivity contribution < 1.29 is 12.8 Å². The molecule has 0 saturated heterocycles. The number of nitrogens with zero attached hydrogens (tertiary/aromatic N) is 1. The molecule has 0 aliphatic rings. The van der Waals surface area contributed by atoms with Crippen LogP contribution in [0.25, 0.3) is 0 Å². The van der Waals surface area contributed by atoms with Crippen LogP contribution >= 0.6 is 11.6 Å². The average molecular weight is 407 g/mol. The first-order valence-electron chi connectivity index (χ1n) is 8.41. The van der Waals surface area contributed by atoms with Crippen molar-refractivity contribution >= 4 is 21.6 Å². The van der Waals surface area contributed by atoms with Gasteiger partial charge in [-0.05, 0) is 55.3 Å². The Balaban J connectivity index is 1.76. The van der Waals surface area contributed by atoms with Crippen LogP contribution in [0.2, 0.25) is 5.02 Å². The van der Waals surface area contributed by atoms with Gasteiger partial charge in [-0.3, -0.25) is 0 Å². The Hall–Kier alpha value is -2.15. The molecule has 1 aromatic heterocycles. The van der Waals surface area contributed by atoms with Crippen molar-refractivity contribution in [3.8, 4) is 0 Å². The summed E-state index contributed by atoms with van der Waals surface area (Å²) in [6.45, 7) is 4.87. The van der Waals surface area contributed by atoms with Crippen molar-refractivity contribution in [2.45, 2.75) is 31.8 Å². The van der Waals surface area contributed by atoms with Crippen LogP contribution in [0.4, 0.5) is 4.39 Å². The van der Waals surface area contributed by atoms with Gasteiger partial charge in [0.2, 0.25) is 10.0 Å². The SMILES string of the molecule is Cc1ccc(C)c(Cn2cccc2CNS(=O)(=O)c2ccc(F)c(Cl)c2)c1. The molecule has 0 atom stereocenters. The van der Waals surface area contributed by atoms with E-state index in [2.05, 4.69) is 29.8 Å². The molecule has 1 heterocycles. The van der Waals surface area contributed by atoms with Crippen molar-refractivity contribution in [1.82, 2.24) is 9.29 Å². The minimum absolute atomic E-state index is 0.0680. The molecule has 3 rings (SSSR count). The van der Waals surface area contributed by atoms with Gasteiger partial charge in [-0.25, -0.2) is 17.5 Å². The first-order chi connectivity index (χ1) is 12.8. The van der Waals surface area contributed by atoms with E-state index in [0.717, 1.165) is 17.8 Å². The van der Waals surface area contributed by atoms with Gasteiger partial charge in [-0.15, -0.1) is 0 Å². The van der Waals surface area contributed by atoms with Crippen LogP contribution < -0.4 is 4.72 Å². The number of aromatic nitrogens is 1. The van der Waals surface area contributed by atoms with E-state index < -0.39 is 15.8 Å². The maximum absolute atomic E-state index is 13.3. The number of hydrogen-bond donors (Lipinski definition) is 1. The molecule has 0 unspecified atom stereocenters. The highest BCUT2D eigenvalue weighted by Gasteiger charge is 2.16. The third-order valence-corrected chi connectivity index (χ3v) is 6.10. The van der Waals surface area contributed by atoms with Gasteiger partial charge in [0, 0.05) is 18.4 Å². The Kier molecular flexibility index (Phi) is 5.69. The molecule has 0 radical (unpaired) electrons. The molecule has 0 fully saturated rings. The third kappa shape index (κ3) is 4.58. The summed E-state index contributed by atoms with van der Waals surface area (Å²) in [6, 6.07) is 13.4. The largest absolute Gasteiger partial charge is 0.346 e. The molecule has 0 bridgehead atoms. The first-order valence-corrected chi connectivity index (χ1v) is 10.3. The van der Waals surface area contributed by atoms with Crippen LogP contribution in [0.3, 0.4) is 0 Å². The fourth-order valence-electron chi connectivity index (χ4n) is 2.81. The fraction of sp³-hybridized carbons (Fsp3) is 0.200. The number of aryl methyl sites for hydroxylation is 2. The van der Waals surface area contributed by atoms with E-state index >= 15 is 0 Å². The Morgan fingerprint density at radius 1 is 1.11 bits per heavy atom. The Bertz CT molecular complexity index is 1080. The Morgan fingerprint density at radius 3 is 2.63 bits per heavy atom. The van der Waals surface area contributed by atoms with Gasteiger partial charge in [-0.2, -0.15) is 0 Å². The molecule has 7 heteroatoms. The molecule has 4 nitrogen and oxygen atoms in total. The van der Waals surface area contributed by atoms with Crippen LogP contribution in [0.15, 0.2) is 59.6 Å². The second-order valence-corrected chi connectivity index (χ2v) is 8.63. The highest BCUT2D eigenvalue weighted by Crippen LogP contribution is 2.20.